The fourth-order valence-corrected chi connectivity index (χ4v) is 4.61. The number of H-pyrrole nitrogens is 1. The summed E-state index contributed by atoms with van der Waals surface area (Å²) < 4.78 is 1.97. The highest BCUT2D eigenvalue weighted by Crippen LogP contribution is 2.36. The Hall–Kier alpha value is -2.44. The number of aromatic nitrogens is 4. The number of pyridine rings is 2. The number of nitrogens with one attached hydrogen (secondary N) is 1. The molecular weight excluding hydrogens is 362 g/mol. The van der Waals surface area contributed by atoms with Gasteiger partial charge in [0, 0.05) is 56.4 Å². The molecule has 0 saturated carbocycles. The first-order valence-electron chi connectivity index (χ1n) is 9.23. The van der Waals surface area contributed by atoms with Crippen molar-refractivity contribution >= 4 is 11.6 Å². The Balaban J connectivity index is 1.42. The molecule has 6 nitrogen and oxygen atoms in total. The van der Waals surface area contributed by atoms with E-state index in [1.165, 1.54) is 0 Å². The highest BCUT2D eigenvalue weighted by atomic mass is 35.5. The van der Waals surface area contributed by atoms with E-state index in [9.17, 15) is 4.79 Å². The molecule has 2 atom stereocenters. The summed E-state index contributed by atoms with van der Waals surface area (Å²) in [4.78, 5) is 27.2. The first-order chi connectivity index (χ1) is 13.2. The molecule has 0 aliphatic carbocycles. The second-order valence-electron chi connectivity index (χ2n) is 7.49. The van der Waals surface area contributed by atoms with Crippen LogP contribution in [-0.4, -0.2) is 37.5 Å². The van der Waals surface area contributed by atoms with E-state index < -0.39 is 0 Å². The Morgan fingerprint density at radius 2 is 2.07 bits per heavy atom. The Morgan fingerprint density at radius 3 is 2.85 bits per heavy atom. The SMILES string of the molecule is O=c1c(-c2ncc[nH]2)ccc2n1C[C@H]1C[C@@H]2CN(Cc2ccc(Cl)cn2)C1. The summed E-state index contributed by atoms with van der Waals surface area (Å²) >= 11 is 5.94. The van der Waals surface area contributed by atoms with Crippen LogP contribution in [0, 0.1) is 5.92 Å². The number of halogens is 1. The van der Waals surface area contributed by atoms with Gasteiger partial charge >= 0.3 is 0 Å². The smallest absolute Gasteiger partial charge is 0.261 e. The predicted octanol–water partition coefficient (Wildman–Crippen LogP) is 2.91. The molecule has 1 saturated heterocycles. The van der Waals surface area contributed by atoms with Crippen LogP contribution in [0.15, 0.2) is 47.7 Å². The zero-order chi connectivity index (χ0) is 18.4. The number of piperidine rings is 1. The third-order valence-electron chi connectivity index (χ3n) is 5.61. The predicted molar refractivity (Wildman–Crippen MR) is 104 cm³/mol. The molecule has 0 amide bonds. The van der Waals surface area contributed by atoms with E-state index in [0.29, 0.717) is 28.2 Å². The van der Waals surface area contributed by atoms with Crippen LogP contribution in [0.25, 0.3) is 11.4 Å². The zero-order valence-electron chi connectivity index (χ0n) is 14.8. The van der Waals surface area contributed by atoms with Crippen LogP contribution in [0.1, 0.15) is 23.7 Å². The minimum absolute atomic E-state index is 0.0602. The van der Waals surface area contributed by atoms with Gasteiger partial charge in [-0.2, -0.15) is 0 Å². The lowest BCUT2D eigenvalue weighted by atomic mass is 9.83. The summed E-state index contributed by atoms with van der Waals surface area (Å²) in [5.74, 6) is 1.50. The minimum atomic E-state index is 0.0602. The molecule has 5 rings (SSSR count). The third kappa shape index (κ3) is 3.09. The van der Waals surface area contributed by atoms with E-state index >= 15 is 0 Å². The van der Waals surface area contributed by atoms with Gasteiger partial charge in [-0.05, 0) is 36.6 Å². The Kier molecular flexibility index (Phi) is 4.10. The number of aromatic amines is 1. The third-order valence-corrected chi connectivity index (χ3v) is 5.83. The first kappa shape index (κ1) is 16.7. The molecule has 0 spiro atoms. The standard InChI is InChI=1S/C20H20ClN5O/c21-15-1-2-16(24-8-15)12-25-9-13-7-14(11-25)18-4-3-17(19-22-5-6-23-19)20(27)26(18)10-13/h1-6,8,13-14H,7,9-12H2,(H,22,23)/t13-,14+/m0/s1. The molecule has 138 valence electrons. The lowest BCUT2D eigenvalue weighted by Crippen LogP contribution is -2.47. The Bertz CT molecular complexity index is 1010. The van der Waals surface area contributed by atoms with Crippen LogP contribution >= 0.6 is 11.6 Å². The highest BCUT2D eigenvalue weighted by molar-refractivity contribution is 6.30. The average molecular weight is 382 g/mol. The molecule has 3 aromatic rings. The largest absolute Gasteiger partial charge is 0.344 e. The topological polar surface area (TPSA) is 66.8 Å². The van der Waals surface area contributed by atoms with Gasteiger partial charge in [-0.15, -0.1) is 0 Å². The minimum Gasteiger partial charge on any atom is -0.344 e. The van der Waals surface area contributed by atoms with Crippen LogP contribution in [0.3, 0.4) is 0 Å². The van der Waals surface area contributed by atoms with Crippen molar-refractivity contribution < 1.29 is 0 Å². The van der Waals surface area contributed by atoms with Crippen LogP contribution in [0.4, 0.5) is 0 Å². The van der Waals surface area contributed by atoms with Gasteiger partial charge in [0.1, 0.15) is 5.82 Å². The summed E-state index contributed by atoms with van der Waals surface area (Å²) in [7, 11) is 0. The lowest BCUT2D eigenvalue weighted by Gasteiger charge is -2.42. The summed E-state index contributed by atoms with van der Waals surface area (Å²) in [6.45, 7) is 3.51. The second kappa shape index (κ2) is 6.62. The monoisotopic (exact) mass is 381 g/mol. The summed E-state index contributed by atoms with van der Waals surface area (Å²) in [6, 6.07) is 7.89. The normalized spacial score (nSPS) is 21.8. The number of hydrogen-bond acceptors (Lipinski definition) is 4. The van der Waals surface area contributed by atoms with Gasteiger partial charge in [-0.3, -0.25) is 14.7 Å². The molecule has 0 unspecified atom stereocenters. The molecule has 7 heteroatoms. The van der Waals surface area contributed by atoms with Crippen molar-refractivity contribution in [3.05, 3.63) is 69.6 Å². The van der Waals surface area contributed by atoms with Crippen molar-refractivity contribution in [1.82, 2.24) is 24.4 Å². The van der Waals surface area contributed by atoms with E-state index in [4.69, 9.17) is 11.6 Å². The molecular formula is C20H20ClN5O. The number of likely N-dealkylation sites (tertiary alicyclic amines) is 1. The van der Waals surface area contributed by atoms with Gasteiger partial charge in [-0.25, -0.2) is 4.98 Å². The summed E-state index contributed by atoms with van der Waals surface area (Å²) in [5, 5.41) is 0.662. The fourth-order valence-electron chi connectivity index (χ4n) is 4.50. The molecule has 2 aliphatic rings. The number of rotatable bonds is 3. The van der Waals surface area contributed by atoms with Crippen LogP contribution in [0.2, 0.25) is 5.02 Å². The van der Waals surface area contributed by atoms with Crippen molar-refractivity contribution in [1.29, 1.82) is 0 Å². The maximum atomic E-state index is 13.0. The van der Waals surface area contributed by atoms with Crippen molar-refractivity contribution in [3.63, 3.8) is 0 Å². The summed E-state index contributed by atoms with van der Waals surface area (Å²) in [5.41, 5.74) is 2.88. The molecule has 5 heterocycles. The van der Waals surface area contributed by atoms with E-state index in [1.807, 2.05) is 22.8 Å². The molecule has 3 aromatic heterocycles. The molecule has 0 radical (unpaired) electrons. The van der Waals surface area contributed by atoms with Crippen LogP contribution in [-0.2, 0) is 13.1 Å². The van der Waals surface area contributed by atoms with E-state index in [0.717, 1.165) is 44.0 Å². The van der Waals surface area contributed by atoms with Crippen molar-refractivity contribution in [2.75, 3.05) is 13.1 Å². The highest BCUT2D eigenvalue weighted by Gasteiger charge is 2.35. The Labute approximate surface area is 161 Å². The summed E-state index contributed by atoms with van der Waals surface area (Å²) in [6.07, 6.45) is 6.27. The Morgan fingerprint density at radius 1 is 1.15 bits per heavy atom. The van der Waals surface area contributed by atoms with Gasteiger partial charge in [-0.1, -0.05) is 11.6 Å². The number of nitrogens with zero attached hydrogens (tertiary/aromatic N) is 4. The van der Waals surface area contributed by atoms with Gasteiger partial charge in [0.2, 0.25) is 0 Å². The lowest BCUT2D eigenvalue weighted by molar-refractivity contribution is 0.113. The first-order valence-corrected chi connectivity index (χ1v) is 9.61. The zero-order valence-corrected chi connectivity index (χ0v) is 15.6. The molecule has 27 heavy (non-hydrogen) atoms. The molecule has 1 N–H and O–H groups in total. The molecule has 2 aliphatic heterocycles. The molecule has 0 aromatic carbocycles. The van der Waals surface area contributed by atoms with E-state index in [-0.39, 0.29) is 5.56 Å². The van der Waals surface area contributed by atoms with Gasteiger partial charge < -0.3 is 9.55 Å². The van der Waals surface area contributed by atoms with Crippen molar-refractivity contribution in [3.8, 4) is 11.4 Å². The van der Waals surface area contributed by atoms with E-state index in [2.05, 4.69) is 25.9 Å². The number of hydrogen-bond donors (Lipinski definition) is 1. The average Bonchev–Trinajstić information content (AvgIpc) is 3.19. The van der Waals surface area contributed by atoms with Crippen molar-refractivity contribution in [2.45, 2.75) is 25.4 Å². The van der Waals surface area contributed by atoms with Gasteiger partial charge in [0.05, 0.1) is 16.3 Å². The maximum Gasteiger partial charge on any atom is 0.261 e. The van der Waals surface area contributed by atoms with Gasteiger partial charge in [0.15, 0.2) is 0 Å². The van der Waals surface area contributed by atoms with Crippen molar-refractivity contribution in [2.24, 2.45) is 5.92 Å². The fraction of sp³-hybridized carbons (Fsp3) is 0.350. The molecule has 1 fully saturated rings. The number of imidazole rings is 1. The van der Waals surface area contributed by atoms with Crippen LogP contribution in [0.5, 0.6) is 0 Å². The van der Waals surface area contributed by atoms with Crippen LogP contribution < -0.4 is 5.56 Å². The molecule has 2 bridgehead atoms. The quantitative estimate of drug-likeness (QED) is 0.757. The van der Waals surface area contributed by atoms with E-state index in [1.54, 1.807) is 18.6 Å². The van der Waals surface area contributed by atoms with Gasteiger partial charge in [0.25, 0.3) is 5.56 Å². The number of fused-ring (bicyclic) bond motifs is 4. The second-order valence-corrected chi connectivity index (χ2v) is 7.92. The maximum absolute atomic E-state index is 13.0.